The van der Waals surface area contributed by atoms with E-state index in [9.17, 15) is 4.79 Å². The molecule has 0 spiro atoms. The van der Waals surface area contributed by atoms with E-state index in [2.05, 4.69) is 12.2 Å². The Hall–Kier alpha value is -0.530. The summed E-state index contributed by atoms with van der Waals surface area (Å²) in [6, 6.07) is 0. The largest absolute Gasteiger partial charge is 0.356 e. The molecule has 0 fully saturated rings. The van der Waals surface area contributed by atoms with Crippen LogP contribution in [0.1, 0.15) is 26.2 Å². The lowest BCUT2D eigenvalue weighted by Crippen LogP contribution is -2.23. The van der Waals surface area contributed by atoms with Gasteiger partial charge in [0.25, 0.3) is 0 Å². The van der Waals surface area contributed by atoms with Crippen LogP contribution in [0.5, 0.6) is 0 Å². The first kappa shape index (κ1) is 8.47. The van der Waals surface area contributed by atoms with Crippen LogP contribution in [-0.2, 0) is 4.79 Å². The monoisotopic (exact) mass is 128 g/mol. The summed E-state index contributed by atoms with van der Waals surface area (Å²) < 4.78 is 0. The first-order valence-electron chi connectivity index (χ1n) is 3.37. The Morgan fingerprint density at radius 1 is 1.67 bits per heavy atom. The summed E-state index contributed by atoms with van der Waals surface area (Å²) in [7, 11) is 0. The predicted molar refractivity (Wildman–Crippen MR) is 37.9 cm³/mol. The minimum atomic E-state index is 0.140. The number of rotatable bonds is 4. The molecule has 0 bridgehead atoms. The Balaban J connectivity index is 3.06. The predicted octanol–water partition coefficient (Wildman–Crippen LogP) is 1.13. The molecular weight excluding hydrogens is 114 g/mol. The van der Waals surface area contributed by atoms with E-state index in [0.717, 1.165) is 12.8 Å². The molecule has 2 nitrogen and oxygen atoms in total. The lowest BCUT2D eigenvalue weighted by atomic mass is 10.3. The zero-order chi connectivity index (χ0) is 7.11. The van der Waals surface area contributed by atoms with Crippen molar-refractivity contribution in [3.05, 3.63) is 6.92 Å². The summed E-state index contributed by atoms with van der Waals surface area (Å²) in [5, 5.41) is 2.73. The van der Waals surface area contributed by atoms with Crippen molar-refractivity contribution in [3.8, 4) is 0 Å². The van der Waals surface area contributed by atoms with Gasteiger partial charge < -0.3 is 5.32 Å². The van der Waals surface area contributed by atoms with Crippen LogP contribution in [0.25, 0.3) is 0 Å². The van der Waals surface area contributed by atoms with Crippen LogP contribution in [-0.4, -0.2) is 12.5 Å². The molecule has 0 aliphatic carbocycles. The molecule has 0 unspecified atom stereocenters. The Morgan fingerprint density at radius 2 is 2.33 bits per heavy atom. The minimum Gasteiger partial charge on any atom is -0.356 e. The van der Waals surface area contributed by atoms with Crippen LogP contribution in [0.4, 0.5) is 0 Å². The highest BCUT2D eigenvalue weighted by Gasteiger charge is 1.94. The first-order chi connectivity index (χ1) is 4.31. The van der Waals surface area contributed by atoms with Crippen LogP contribution in [0.15, 0.2) is 0 Å². The van der Waals surface area contributed by atoms with Gasteiger partial charge in [0, 0.05) is 13.0 Å². The molecule has 0 saturated heterocycles. The summed E-state index contributed by atoms with van der Waals surface area (Å²) in [6.45, 7) is 6.30. The summed E-state index contributed by atoms with van der Waals surface area (Å²) >= 11 is 0. The molecule has 0 aliphatic rings. The van der Waals surface area contributed by atoms with E-state index >= 15 is 0 Å². The van der Waals surface area contributed by atoms with Gasteiger partial charge in [-0.3, -0.25) is 4.79 Å². The van der Waals surface area contributed by atoms with Gasteiger partial charge in [-0.1, -0.05) is 13.8 Å². The fraction of sp³-hybridized carbons (Fsp3) is 0.714. The fourth-order valence-electron chi connectivity index (χ4n) is 0.543. The van der Waals surface area contributed by atoms with Crippen LogP contribution >= 0.6 is 0 Å². The first-order valence-corrected chi connectivity index (χ1v) is 3.37. The number of hydrogen-bond donors (Lipinski definition) is 1. The Morgan fingerprint density at radius 3 is 2.78 bits per heavy atom. The molecule has 1 radical (unpaired) electrons. The molecule has 0 atom stereocenters. The zero-order valence-corrected chi connectivity index (χ0v) is 5.94. The molecule has 1 N–H and O–H groups in total. The molecule has 9 heavy (non-hydrogen) atoms. The number of nitrogens with one attached hydrogen (secondary N) is 1. The molecule has 0 aromatic carbocycles. The van der Waals surface area contributed by atoms with Crippen LogP contribution in [0, 0.1) is 6.92 Å². The Bertz CT molecular complexity index is 81.0. The second-order valence-electron chi connectivity index (χ2n) is 1.95. The van der Waals surface area contributed by atoms with Crippen molar-refractivity contribution < 1.29 is 4.79 Å². The van der Waals surface area contributed by atoms with Gasteiger partial charge >= 0.3 is 0 Å². The van der Waals surface area contributed by atoms with E-state index in [0.29, 0.717) is 13.0 Å². The van der Waals surface area contributed by atoms with Crippen LogP contribution in [0.3, 0.4) is 0 Å². The number of carbonyl (C=O) groups excluding carboxylic acids is 1. The molecule has 53 valence electrons. The lowest BCUT2D eigenvalue weighted by Gasteiger charge is -1.99. The normalized spacial score (nSPS) is 9.11. The maximum Gasteiger partial charge on any atom is 0.219 e. The average molecular weight is 128 g/mol. The highest BCUT2D eigenvalue weighted by molar-refractivity contribution is 5.75. The van der Waals surface area contributed by atoms with E-state index < -0.39 is 0 Å². The molecular formula is C7H14NO. The summed E-state index contributed by atoms with van der Waals surface area (Å²) in [5.41, 5.74) is 0. The smallest absolute Gasteiger partial charge is 0.219 e. The molecule has 0 rings (SSSR count). The Kier molecular flexibility index (Phi) is 5.27. The van der Waals surface area contributed by atoms with Gasteiger partial charge in [0.1, 0.15) is 0 Å². The zero-order valence-electron chi connectivity index (χ0n) is 5.94. The Labute approximate surface area is 56.6 Å². The maximum atomic E-state index is 10.7. The molecule has 2 heteroatoms. The van der Waals surface area contributed by atoms with Crippen molar-refractivity contribution in [2.75, 3.05) is 6.54 Å². The van der Waals surface area contributed by atoms with Crippen molar-refractivity contribution in [2.24, 2.45) is 0 Å². The number of amides is 1. The van der Waals surface area contributed by atoms with Crippen molar-refractivity contribution in [1.29, 1.82) is 0 Å². The quantitative estimate of drug-likeness (QED) is 0.604. The maximum absolute atomic E-state index is 10.7. The molecule has 0 aliphatic heterocycles. The lowest BCUT2D eigenvalue weighted by molar-refractivity contribution is -0.121. The van der Waals surface area contributed by atoms with Crippen molar-refractivity contribution in [3.63, 3.8) is 0 Å². The third-order valence-corrected chi connectivity index (χ3v) is 0.976. The third kappa shape index (κ3) is 5.34. The van der Waals surface area contributed by atoms with Crippen molar-refractivity contribution in [1.82, 2.24) is 5.32 Å². The second-order valence-corrected chi connectivity index (χ2v) is 1.95. The van der Waals surface area contributed by atoms with Gasteiger partial charge in [-0.15, -0.1) is 0 Å². The molecule has 0 saturated carbocycles. The fourth-order valence-corrected chi connectivity index (χ4v) is 0.543. The summed E-state index contributed by atoms with van der Waals surface area (Å²) in [5.74, 6) is 0.140. The van der Waals surface area contributed by atoms with Gasteiger partial charge in [0.15, 0.2) is 0 Å². The second kappa shape index (κ2) is 5.60. The molecule has 1 amide bonds. The van der Waals surface area contributed by atoms with Gasteiger partial charge in [-0.05, 0) is 12.8 Å². The van der Waals surface area contributed by atoms with Crippen LogP contribution < -0.4 is 5.32 Å². The van der Waals surface area contributed by atoms with Crippen LogP contribution in [0.2, 0.25) is 0 Å². The van der Waals surface area contributed by atoms with Gasteiger partial charge in [-0.2, -0.15) is 0 Å². The van der Waals surface area contributed by atoms with Crippen molar-refractivity contribution >= 4 is 5.91 Å². The average Bonchev–Trinajstić information content (AvgIpc) is 1.85. The van der Waals surface area contributed by atoms with E-state index in [4.69, 9.17) is 0 Å². The summed E-state index contributed by atoms with van der Waals surface area (Å²) in [4.78, 5) is 10.7. The van der Waals surface area contributed by atoms with E-state index in [1.807, 2.05) is 6.92 Å². The van der Waals surface area contributed by atoms with Gasteiger partial charge in [0.05, 0.1) is 0 Å². The molecule has 0 heterocycles. The molecule has 0 aromatic rings. The number of carbonyl (C=O) groups is 1. The molecule has 0 aromatic heterocycles. The van der Waals surface area contributed by atoms with E-state index in [-0.39, 0.29) is 5.91 Å². The topological polar surface area (TPSA) is 29.1 Å². The highest BCUT2D eigenvalue weighted by Crippen LogP contribution is 1.84. The van der Waals surface area contributed by atoms with E-state index in [1.165, 1.54) is 0 Å². The van der Waals surface area contributed by atoms with Crippen molar-refractivity contribution in [2.45, 2.75) is 26.2 Å². The van der Waals surface area contributed by atoms with E-state index in [1.54, 1.807) is 0 Å². The van der Waals surface area contributed by atoms with Gasteiger partial charge in [-0.25, -0.2) is 0 Å². The van der Waals surface area contributed by atoms with Gasteiger partial charge in [0.2, 0.25) is 5.91 Å². The summed E-state index contributed by atoms with van der Waals surface area (Å²) in [6.07, 6.45) is 2.33. The number of hydrogen-bond acceptors (Lipinski definition) is 1. The SMILES string of the molecule is [CH2]CCNC(=O)CCC. The third-order valence-electron chi connectivity index (χ3n) is 0.976. The standard InChI is InChI=1S/C7H14NO/c1-3-5-7(9)8-6-4-2/h2-6H2,1H3,(H,8,9). The minimum absolute atomic E-state index is 0.140. The highest BCUT2D eigenvalue weighted by atomic mass is 16.1.